The predicted molar refractivity (Wildman–Crippen MR) is 80.6 cm³/mol. The minimum Gasteiger partial charge on any atom is -0.353 e. The molecular formula is C12H14IN3S. The number of rotatable bonds is 4. The molecule has 0 saturated heterocycles. The maximum Gasteiger partial charge on any atom is 0.222 e. The summed E-state index contributed by atoms with van der Waals surface area (Å²) in [7, 11) is 0. The number of aromatic nitrogens is 2. The number of hydrogen-bond acceptors (Lipinski definition) is 4. The van der Waals surface area contributed by atoms with Crippen molar-refractivity contribution in [1.82, 2.24) is 9.97 Å². The van der Waals surface area contributed by atoms with Crippen LogP contribution in [0, 0.1) is 3.57 Å². The first-order valence-electron chi connectivity index (χ1n) is 5.33. The fraction of sp³-hybridized carbons (Fsp3) is 0.333. The molecule has 0 unspecified atom stereocenters. The zero-order valence-electron chi connectivity index (χ0n) is 9.77. The fourth-order valence-electron chi connectivity index (χ4n) is 1.45. The van der Waals surface area contributed by atoms with Gasteiger partial charge in [0, 0.05) is 32.8 Å². The van der Waals surface area contributed by atoms with E-state index in [-0.39, 0.29) is 5.41 Å². The summed E-state index contributed by atoms with van der Waals surface area (Å²) >= 11 is 3.98. The first kappa shape index (κ1) is 12.8. The highest BCUT2D eigenvalue weighted by Crippen LogP contribution is 2.27. The summed E-state index contributed by atoms with van der Waals surface area (Å²) in [6, 6.07) is 4.25. The molecule has 90 valence electrons. The monoisotopic (exact) mass is 359 g/mol. The average Bonchev–Trinajstić information content (AvgIpc) is 2.82. The van der Waals surface area contributed by atoms with E-state index >= 15 is 0 Å². The lowest BCUT2D eigenvalue weighted by Gasteiger charge is -2.23. The molecule has 0 spiro atoms. The third kappa shape index (κ3) is 3.38. The standard InChI is InChI=1S/C12H14IN3S/c1-12(2,10-4-3-5-17-10)8-16-11-14-6-9(13)7-15-11/h3-7H,8H2,1-2H3,(H,14,15,16). The van der Waals surface area contributed by atoms with Gasteiger partial charge < -0.3 is 5.32 Å². The molecule has 3 nitrogen and oxygen atoms in total. The summed E-state index contributed by atoms with van der Waals surface area (Å²) in [6.07, 6.45) is 3.63. The number of thiophene rings is 1. The maximum atomic E-state index is 4.24. The summed E-state index contributed by atoms with van der Waals surface area (Å²) in [5.41, 5.74) is 0.0977. The van der Waals surface area contributed by atoms with E-state index in [2.05, 4.69) is 69.2 Å². The molecule has 0 aliphatic rings. The van der Waals surface area contributed by atoms with Gasteiger partial charge in [-0.3, -0.25) is 0 Å². The molecule has 0 aliphatic heterocycles. The number of nitrogens with one attached hydrogen (secondary N) is 1. The van der Waals surface area contributed by atoms with Crippen LogP contribution >= 0.6 is 33.9 Å². The lowest BCUT2D eigenvalue weighted by Crippen LogP contribution is -2.27. The molecule has 2 rings (SSSR count). The molecule has 0 bridgehead atoms. The van der Waals surface area contributed by atoms with Gasteiger partial charge in [0.2, 0.25) is 5.95 Å². The van der Waals surface area contributed by atoms with E-state index in [1.165, 1.54) is 4.88 Å². The van der Waals surface area contributed by atoms with Gasteiger partial charge in [-0.25, -0.2) is 9.97 Å². The van der Waals surface area contributed by atoms with Gasteiger partial charge in [-0.15, -0.1) is 11.3 Å². The van der Waals surface area contributed by atoms with Crippen molar-refractivity contribution in [3.05, 3.63) is 38.4 Å². The second kappa shape index (κ2) is 5.30. The van der Waals surface area contributed by atoms with Crippen molar-refractivity contribution in [2.45, 2.75) is 19.3 Å². The molecule has 2 heterocycles. The molecule has 0 aliphatic carbocycles. The second-order valence-corrected chi connectivity index (χ2v) is 6.63. The average molecular weight is 359 g/mol. The number of halogens is 1. The van der Waals surface area contributed by atoms with Gasteiger partial charge in [0.1, 0.15) is 0 Å². The van der Waals surface area contributed by atoms with Gasteiger partial charge >= 0.3 is 0 Å². The van der Waals surface area contributed by atoms with Crippen LogP contribution < -0.4 is 5.32 Å². The van der Waals surface area contributed by atoms with Crippen LogP contribution in [0.2, 0.25) is 0 Å². The number of anilines is 1. The second-order valence-electron chi connectivity index (χ2n) is 4.44. The molecule has 2 aromatic heterocycles. The normalized spacial score (nSPS) is 11.5. The van der Waals surface area contributed by atoms with Crippen molar-refractivity contribution >= 4 is 39.9 Å². The van der Waals surface area contributed by atoms with Crippen molar-refractivity contribution in [2.24, 2.45) is 0 Å². The van der Waals surface area contributed by atoms with Gasteiger partial charge in [-0.05, 0) is 34.0 Å². The van der Waals surface area contributed by atoms with Crippen LogP contribution in [0.25, 0.3) is 0 Å². The Morgan fingerprint density at radius 2 is 2.06 bits per heavy atom. The highest BCUT2D eigenvalue weighted by atomic mass is 127. The minimum absolute atomic E-state index is 0.0977. The molecule has 0 amide bonds. The Hall–Kier alpha value is -0.690. The predicted octanol–water partition coefficient (Wildman–Crippen LogP) is 3.53. The number of hydrogen-bond donors (Lipinski definition) is 1. The van der Waals surface area contributed by atoms with E-state index in [0.29, 0.717) is 5.95 Å². The highest BCUT2D eigenvalue weighted by molar-refractivity contribution is 14.1. The fourth-order valence-corrected chi connectivity index (χ4v) is 2.58. The quantitative estimate of drug-likeness (QED) is 0.849. The Labute approximate surface area is 119 Å². The van der Waals surface area contributed by atoms with Crippen molar-refractivity contribution in [3.63, 3.8) is 0 Å². The van der Waals surface area contributed by atoms with E-state index < -0.39 is 0 Å². The smallest absolute Gasteiger partial charge is 0.222 e. The molecule has 0 saturated carbocycles. The van der Waals surface area contributed by atoms with E-state index in [1.807, 2.05) is 12.4 Å². The Morgan fingerprint density at radius 1 is 1.35 bits per heavy atom. The van der Waals surface area contributed by atoms with Crippen LogP contribution in [0.5, 0.6) is 0 Å². The highest BCUT2D eigenvalue weighted by Gasteiger charge is 2.21. The van der Waals surface area contributed by atoms with Crippen LogP contribution in [0.1, 0.15) is 18.7 Å². The maximum absolute atomic E-state index is 4.24. The summed E-state index contributed by atoms with van der Waals surface area (Å²) in [6.45, 7) is 5.27. The molecule has 2 aromatic rings. The Bertz CT molecular complexity index is 465. The number of nitrogens with zero attached hydrogens (tertiary/aromatic N) is 2. The van der Waals surface area contributed by atoms with Crippen molar-refractivity contribution < 1.29 is 0 Å². The van der Waals surface area contributed by atoms with E-state index in [0.717, 1.165) is 10.1 Å². The first-order valence-corrected chi connectivity index (χ1v) is 7.29. The van der Waals surface area contributed by atoms with Crippen molar-refractivity contribution in [2.75, 3.05) is 11.9 Å². The Morgan fingerprint density at radius 3 is 2.65 bits per heavy atom. The molecule has 0 atom stereocenters. The van der Waals surface area contributed by atoms with Gasteiger partial charge in [-0.1, -0.05) is 19.9 Å². The van der Waals surface area contributed by atoms with Gasteiger partial charge in [-0.2, -0.15) is 0 Å². The molecule has 1 N–H and O–H groups in total. The van der Waals surface area contributed by atoms with Gasteiger partial charge in [0.15, 0.2) is 0 Å². The van der Waals surface area contributed by atoms with E-state index in [1.54, 1.807) is 11.3 Å². The summed E-state index contributed by atoms with van der Waals surface area (Å²) < 4.78 is 1.05. The van der Waals surface area contributed by atoms with Crippen molar-refractivity contribution in [1.29, 1.82) is 0 Å². The lowest BCUT2D eigenvalue weighted by atomic mass is 9.91. The third-order valence-electron chi connectivity index (χ3n) is 2.50. The van der Waals surface area contributed by atoms with Crippen LogP contribution in [-0.2, 0) is 5.41 Å². The SMILES string of the molecule is CC(C)(CNc1ncc(I)cn1)c1cccs1. The zero-order valence-corrected chi connectivity index (χ0v) is 12.7. The largest absolute Gasteiger partial charge is 0.353 e. The third-order valence-corrected chi connectivity index (χ3v) is 4.29. The first-order chi connectivity index (χ1) is 8.08. The van der Waals surface area contributed by atoms with Gasteiger partial charge in [0.25, 0.3) is 0 Å². The molecular weight excluding hydrogens is 345 g/mol. The minimum atomic E-state index is 0.0977. The van der Waals surface area contributed by atoms with Gasteiger partial charge in [0.05, 0.1) is 0 Å². The van der Waals surface area contributed by atoms with Crippen LogP contribution in [0.15, 0.2) is 29.9 Å². The Kier molecular flexibility index (Phi) is 3.98. The molecule has 5 heteroatoms. The zero-order chi connectivity index (χ0) is 12.3. The van der Waals surface area contributed by atoms with Crippen LogP contribution in [0.3, 0.4) is 0 Å². The molecule has 0 fully saturated rings. The van der Waals surface area contributed by atoms with Crippen LogP contribution in [-0.4, -0.2) is 16.5 Å². The van der Waals surface area contributed by atoms with E-state index in [4.69, 9.17) is 0 Å². The summed E-state index contributed by atoms with van der Waals surface area (Å²) in [4.78, 5) is 9.84. The molecule has 0 aromatic carbocycles. The summed E-state index contributed by atoms with van der Waals surface area (Å²) in [5, 5.41) is 5.39. The van der Waals surface area contributed by atoms with Crippen LogP contribution in [0.4, 0.5) is 5.95 Å². The van der Waals surface area contributed by atoms with Crippen molar-refractivity contribution in [3.8, 4) is 0 Å². The topological polar surface area (TPSA) is 37.8 Å². The van der Waals surface area contributed by atoms with E-state index in [9.17, 15) is 0 Å². The lowest BCUT2D eigenvalue weighted by molar-refractivity contribution is 0.567. The summed E-state index contributed by atoms with van der Waals surface area (Å²) in [5.74, 6) is 0.690. The molecule has 0 radical (unpaired) electrons. The Balaban J connectivity index is 2.00. The molecule has 17 heavy (non-hydrogen) atoms.